The van der Waals surface area contributed by atoms with Crippen LogP contribution in [0.5, 0.6) is 0 Å². The zero-order valence-electron chi connectivity index (χ0n) is 15.2. The summed E-state index contributed by atoms with van der Waals surface area (Å²) in [7, 11) is 0. The van der Waals surface area contributed by atoms with Crippen LogP contribution in [0.3, 0.4) is 0 Å². The van der Waals surface area contributed by atoms with E-state index in [0.717, 1.165) is 16.0 Å². The molecule has 0 unspecified atom stereocenters. The highest BCUT2D eigenvalue weighted by Crippen LogP contribution is 2.29. The molecular formula is C23H17N3O2. The van der Waals surface area contributed by atoms with Gasteiger partial charge in [0.2, 0.25) is 5.91 Å². The van der Waals surface area contributed by atoms with Crippen LogP contribution in [0, 0.1) is 0 Å². The minimum atomic E-state index is -0.460. The topological polar surface area (TPSA) is 62.1 Å². The molecule has 0 spiro atoms. The third kappa shape index (κ3) is 3.14. The van der Waals surface area contributed by atoms with Crippen molar-refractivity contribution >= 4 is 28.9 Å². The summed E-state index contributed by atoms with van der Waals surface area (Å²) >= 11 is 0. The normalized spacial score (nSPS) is 14.1. The second kappa shape index (κ2) is 7.40. The van der Waals surface area contributed by atoms with Crippen molar-refractivity contribution in [2.45, 2.75) is 6.92 Å². The lowest BCUT2D eigenvalue weighted by Crippen LogP contribution is -2.34. The van der Waals surface area contributed by atoms with Crippen LogP contribution in [-0.2, 0) is 9.59 Å². The molecule has 0 aromatic heterocycles. The molecule has 1 heterocycles. The van der Waals surface area contributed by atoms with E-state index in [-0.39, 0.29) is 11.6 Å². The number of carbonyl (C=O) groups is 2. The Labute approximate surface area is 162 Å². The number of benzene rings is 3. The standard InChI is InChI=1S/C23H17N3O2/c1-16(27)26-20-15-9-8-14-19(20)22(23(26)28)25-24-21(17-10-4-2-5-11-17)18-12-6-3-7-13-18/h2-15H,1H3/b25-22-. The molecule has 2 amide bonds. The van der Waals surface area contributed by atoms with Gasteiger partial charge in [0.25, 0.3) is 5.91 Å². The van der Waals surface area contributed by atoms with E-state index >= 15 is 0 Å². The predicted octanol–water partition coefficient (Wildman–Crippen LogP) is 3.82. The number of anilines is 1. The zero-order chi connectivity index (χ0) is 19.5. The first kappa shape index (κ1) is 17.5. The number of hydrogen-bond donors (Lipinski definition) is 0. The molecule has 0 fully saturated rings. The van der Waals surface area contributed by atoms with E-state index in [0.29, 0.717) is 17.0 Å². The number of fused-ring (bicyclic) bond motifs is 1. The van der Waals surface area contributed by atoms with Gasteiger partial charge in [0.15, 0.2) is 5.71 Å². The summed E-state index contributed by atoms with van der Waals surface area (Å²) in [6.07, 6.45) is 0. The van der Waals surface area contributed by atoms with Gasteiger partial charge < -0.3 is 0 Å². The molecular weight excluding hydrogens is 350 g/mol. The van der Waals surface area contributed by atoms with Crippen molar-refractivity contribution in [2.75, 3.05) is 4.90 Å². The molecule has 5 nitrogen and oxygen atoms in total. The summed E-state index contributed by atoms with van der Waals surface area (Å²) in [4.78, 5) is 25.9. The summed E-state index contributed by atoms with van der Waals surface area (Å²) in [5.41, 5.74) is 3.73. The fourth-order valence-electron chi connectivity index (χ4n) is 3.18. The number of para-hydroxylation sites is 1. The molecule has 4 rings (SSSR count). The molecule has 0 bridgehead atoms. The molecule has 0 atom stereocenters. The molecule has 3 aromatic carbocycles. The smallest absolute Gasteiger partial charge is 0.274 e. The van der Waals surface area contributed by atoms with Crippen molar-refractivity contribution in [1.29, 1.82) is 0 Å². The van der Waals surface area contributed by atoms with Crippen LogP contribution in [0.2, 0.25) is 0 Å². The maximum absolute atomic E-state index is 12.8. The van der Waals surface area contributed by atoms with Crippen LogP contribution in [-0.4, -0.2) is 23.2 Å². The number of carbonyl (C=O) groups excluding carboxylic acids is 2. The van der Waals surface area contributed by atoms with E-state index in [9.17, 15) is 9.59 Å². The van der Waals surface area contributed by atoms with E-state index in [2.05, 4.69) is 10.2 Å². The molecule has 3 aromatic rings. The molecule has 0 saturated heterocycles. The van der Waals surface area contributed by atoms with Crippen molar-refractivity contribution in [3.8, 4) is 0 Å². The molecule has 0 saturated carbocycles. The molecule has 0 N–H and O–H groups in total. The molecule has 28 heavy (non-hydrogen) atoms. The highest BCUT2D eigenvalue weighted by molar-refractivity contribution is 6.58. The summed E-state index contributed by atoms with van der Waals surface area (Å²) in [6.45, 7) is 1.36. The summed E-state index contributed by atoms with van der Waals surface area (Å²) < 4.78 is 0. The fraction of sp³-hybridized carbons (Fsp3) is 0.0435. The van der Waals surface area contributed by atoms with Gasteiger partial charge in [-0.25, -0.2) is 4.90 Å². The lowest BCUT2D eigenvalue weighted by Gasteiger charge is -2.10. The Bertz CT molecular complexity index is 1060. The number of rotatable bonds is 3. The highest BCUT2D eigenvalue weighted by Gasteiger charge is 2.36. The van der Waals surface area contributed by atoms with Crippen LogP contribution < -0.4 is 4.90 Å². The van der Waals surface area contributed by atoms with Crippen molar-refractivity contribution in [1.82, 2.24) is 0 Å². The van der Waals surface area contributed by atoms with Gasteiger partial charge in [-0.15, -0.1) is 10.2 Å². The van der Waals surface area contributed by atoms with Gasteiger partial charge in [-0.1, -0.05) is 78.9 Å². The van der Waals surface area contributed by atoms with E-state index < -0.39 is 5.91 Å². The summed E-state index contributed by atoms with van der Waals surface area (Å²) in [6, 6.07) is 26.4. The maximum atomic E-state index is 12.8. The molecule has 5 heteroatoms. The average molecular weight is 367 g/mol. The van der Waals surface area contributed by atoms with E-state index in [1.165, 1.54) is 6.92 Å². The van der Waals surface area contributed by atoms with Gasteiger partial charge in [-0.2, -0.15) is 0 Å². The second-order valence-corrected chi connectivity index (χ2v) is 6.31. The maximum Gasteiger partial charge on any atom is 0.286 e. The van der Waals surface area contributed by atoms with Crippen LogP contribution in [0.1, 0.15) is 23.6 Å². The van der Waals surface area contributed by atoms with Crippen LogP contribution in [0.25, 0.3) is 0 Å². The third-order valence-electron chi connectivity index (χ3n) is 4.47. The van der Waals surface area contributed by atoms with Gasteiger partial charge in [0.05, 0.1) is 5.69 Å². The first-order chi connectivity index (χ1) is 13.7. The van der Waals surface area contributed by atoms with Gasteiger partial charge in [0.1, 0.15) is 5.71 Å². The monoisotopic (exact) mass is 367 g/mol. The lowest BCUT2D eigenvalue weighted by atomic mass is 10.0. The van der Waals surface area contributed by atoms with Gasteiger partial charge >= 0.3 is 0 Å². The predicted molar refractivity (Wildman–Crippen MR) is 110 cm³/mol. The van der Waals surface area contributed by atoms with Crippen molar-refractivity contribution < 1.29 is 9.59 Å². The Hall–Kier alpha value is -3.86. The Morgan fingerprint density at radius 1 is 0.786 bits per heavy atom. The van der Waals surface area contributed by atoms with Gasteiger partial charge in [-0.3, -0.25) is 9.59 Å². The Balaban J connectivity index is 1.85. The van der Waals surface area contributed by atoms with Crippen LogP contribution >= 0.6 is 0 Å². The Morgan fingerprint density at radius 2 is 1.32 bits per heavy atom. The number of hydrogen-bond acceptors (Lipinski definition) is 4. The minimum Gasteiger partial charge on any atom is -0.274 e. The van der Waals surface area contributed by atoms with E-state index in [1.807, 2.05) is 66.7 Å². The minimum absolute atomic E-state index is 0.162. The summed E-state index contributed by atoms with van der Waals surface area (Å²) in [5.74, 6) is -0.809. The third-order valence-corrected chi connectivity index (χ3v) is 4.47. The number of imide groups is 1. The molecule has 0 radical (unpaired) electrons. The first-order valence-corrected chi connectivity index (χ1v) is 8.87. The fourth-order valence-corrected chi connectivity index (χ4v) is 3.18. The summed E-state index contributed by atoms with van der Waals surface area (Å²) in [5, 5.41) is 8.73. The van der Waals surface area contributed by atoms with E-state index in [4.69, 9.17) is 0 Å². The lowest BCUT2D eigenvalue weighted by molar-refractivity contribution is -0.121. The largest absolute Gasteiger partial charge is 0.286 e. The average Bonchev–Trinajstić information content (AvgIpc) is 3.01. The zero-order valence-corrected chi connectivity index (χ0v) is 15.2. The Morgan fingerprint density at radius 3 is 1.89 bits per heavy atom. The van der Waals surface area contributed by atoms with Crippen molar-refractivity contribution in [3.05, 3.63) is 102 Å². The van der Waals surface area contributed by atoms with Gasteiger partial charge in [0, 0.05) is 23.6 Å². The van der Waals surface area contributed by atoms with Gasteiger partial charge in [-0.05, 0) is 6.07 Å². The second-order valence-electron chi connectivity index (χ2n) is 6.31. The number of amides is 2. The van der Waals surface area contributed by atoms with Crippen molar-refractivity contribution in [2.24, 2.45) is 10.2 Å². The highest BCUT2D eigenvalue weighted by atomic mass is 16.2. The first-order valence-electron chi connectivity index (χ1n) is 8.87. The SMILES string of the molecule is CC(=O)N1C(=O)/C(=N\N=C(c2ccccc2)c2ccccc2)c2ccccc21. The molecule has 136 valence electrons. The Kier molecular flexibility index (Phi) is 4.64. The quantitative estimate of drug-likeness (QED) is 0.522. The molecule has 0 aliphatic carbocycles. The van der Waals surface area contributed by atoms with Crippen molar-refractivity contribution in [3.63, 3.8) is 0 Å². The molecule has 1 aliphatic rings. The number of nitrogens with zero attached hydrogens (tertiary/aromatic N) is 3. The van der Waals surface area contributed by atoms with Crippen LogP contribution in [0.15, 0.2) is 95.1 Å². The van der Waals surface area contributed by atoms with E-state index in [1.54, 1.807) is 18.2 Å². The van der Waals surface area contributed by atoms with Crippen LogP contribution in [0.4, 0.5) is 5.69 Å². The molecule has 1 aliphatic heterocycles.